The van der Waals surface area contributed by atoms with Crippen LogP contribution in [0.25, 0.3) is 10.9 Å². The van der Waals surface area contributed by atoms with Gasteiger partial charge in [-0.05, 0) is 46.6 Å². The minimum Gasteiger partial charge on any atom is -0.399 e. The van der Waals surface area contributed by atoms with E-state index in [1.807, 2.05) is 13.2 Å². The van der Waals surface area contributed by atoms with Gasteiger partial charge in [-0.2, -0.15) is 0 Å². The first-order valence-corrected chi connectivity index (χ1v) is 8.34. The van der Waals surface area contributed by atoms with Crippen LogP contribution < -0.4 is 10.8 Å². The van der Waals surface area contributed by atoms with Crippen LogP contribution in [0.4, 0.5) is 5.82 Å². The van der Waals surface area contributed by atoms with Gasteiger partial charge >= 0.3 is 7.12 Å². The Morgan fingerprint density at radius 2 is 1.87 bits per heavy atom. The van der Waals surface area contributed by atoms with Crippen LogP contribution in [-0.4, -0.2) is 33.9 Å². The maximum absolute atomic E-state index is 6.23. The second-order valence-corrected chi connectivity index (χ2v) is 7.79. The highest BCUT2D eigenvalue weighted by molar-refractivity contribution is 6.65. The van der Waals surface area contributed by atoms with Crippen LogP contribution in [-0.2, 0) is 16.4 Å². The number of aryl methyl sites for hydroxylation is 1. The highest BCUT2D eigenvalue weighted by Gasteiger charge is 2.52. The number of aromatic nitrogens is 2. The average Bonchev–Trinajstić information content (AvgIpc) is 3.16. The zero-order valence-electron chi connectivity index (χ0n) is 14.5. The molecule has 2 aromatic rings. The van der Waals surface area contributed by atoms with Gasteiger partial charge in [0.15, 0.2) is 0 Å². The molecule has 23 heavy (non-hydrogen) atoms. The predicted molar refractivity (Wildman–Crippen MR) is 93.1 cm³/mol. The number of nitrogens with one attached hydrogen (secondary N) is 1. The lowest BCUT2D eigenvalue weighted by atomic mass is 9.79. The molecule has 2 aromatic heterocycles. The Balaban J connectivity index is 1.74. The van der Waals surface area contributed by atoms with Crippen molar-refractivity contribution in [2.75, 3.05) is 5.32 Å². The molecule has 1 saturated carbocycles. The van der Waals surface area contributed by atoms with E-state index < -0.39 is 0 Å². The molecule has 5 nitrogen and oxygen atoms in total. The van der Waals surface area contributed by atoms with Crippen molar-refractivity contribution in [3.63, 3.8) is 0 Å². The summed E-state index contributed by atoms with van der Waals surface area (Å²) in [5.41, 5.74) is 1.50. The van der Waals surface area contributed by atoms with Crippen LogP contribution in [0.3, 0.4) is 0 Å². The van der Waals surface area contributed by atoms with E-state index in [9.17, 15) is 0 Å². The minimum absolute atomic E-state index is 0.331. The van der Waals surface area contributed by atoms with Crippen molar-refractivity contribution < 1.29 is 9.31 Å². The van der Waals surface area contributed by atoms with Crippen molar-refractivity contribution in [3.05, 3.63) is 18.5 Å². The Hall–Kier alpha value is -1.53. The molecular formula is C17H24BN3O2. The van der Waals surface area contributed by atoms with Gasteiger partial charge in [-0.25, -0.2) is 4.98 Å². The molecule has 6 heteroatoms. The third kappa shape index (κ3) is 2.44. The maximum atomic E-state index is 6.23. The van der Waals surface area contributed by atoms with Gasteiger partial charge in [0, 0.05) is 30.1 Å². The van der Waals surface area contributed by atoms with Crippen LogP contribution in [0.15, 0.2) is 18.5 Å². The van der Waals surface area contributed by atoms with E-state index in [4.69, 9.17) is 9.31 Å². The molecule has 1 N–H and O–H groups in total. The van der Waals surface area contributed by atoms with Gasteiger partial charge in [-0.3, -0.25) is 0 Å². The van der Waals surface area contributed by atoms with E-state index in [0.29, 0.717) is 6.04 Å². The molecule has 0 unspecified atom stereocenters. The normalized spacial score (nSPS) is 22.7. The second kappa shape index (κ2) is 4.74. The summed E-state index contributed by atoms with van der Waals surface area (Å²) >= 11 is 0. The standard InChI is InChI=1S/C17H24BN3O2/c1-16(2)17(3,4)23-18(22-16)13-10-21(5)14-9-19-15(8-12(13)14)20-11-6-7-11/h8-11H,6-7H2,1-5H3,(H,19,20). The molecule has 2 aliphatic rings. The number of hydrogen-bond donors (Lipinski definition) is 1. The molecule has 1 aliphatic heterocycles. The SMILES string of the molecule is Cn1cc(B2OC(C)(C)C(C)(C)O2)c2cc(NC3CC3)ncc21. The molecular weight excluding hydrogens is 289 g/mol. The highest BCUT2D eigenvalue weighted by atomic mass is 16.7. The summed E-state index contributed by atoms with van der Waals surface area (Å²) in [6.45, 7) is 8.33. The van der Waals surface area contributed by atoms with Crippen molar-refractivity contribution in [3.8, 4) is 0 Å². The van der Waals surface area contributed by atoms with Crippen molar-refractivity contribution in [1.82, 2.24) is 9.55 Å². The topological polar surface area (TPSA) is 48.3 Å². The van der Waals surface area contributed by atoms with E-state index in [0.717, 1.165) is 22.2 Å². The molecule has 122 valence electrons. The summed E-state index contributed by atoms with van der Waals surface area (Å²) in [6, 6.07) is 2.71. The molecule has 2 fully saturated rings. The summed E-state index contributed by atoms with van der Waals surface area (Å²) in [5.74, 6) is 0.934. The minimum atomic E-state index is -0.347. The van der Waals surface area contributed by atoms with E-state index in [2.05, 4.69) is 54.8 Å². The van der Waals surface area contributed by atoms with Crippen LogP contribution >= 0.6 is 0 Å². The number of rotatable bonds is 3. The molecule has 0 aromatic carbocycles. The van der Waals surface area contributed by atoms with Gasteiger partial charge < -0.3 is 19.2 Å². The van der Waals surface area contributed by atoms with Gasteiger partial charge in [0.05, 0.1) is 22.9 Å². The molecule has 0 radical (unpaired) electrons. The van der Waals surface area contributed by atoms with Crippen molar-refractivity contribution in [1.29, 1.82) is 0 Å². The van der Waals surface area contributed by atoms with Crippen molar-refractivity contribution >= 4 is 29.3 Å². The average molecular weight is 313 g/mol. The molecule has 4 rings (SSSR count). The van der Waals surface area contributed by atoms with Gasteiger partial charge in [0.2, 0.25) is 0 Å². The lowest BCUT2D eigenvalue weighted by Gasteiger charge is -2.32. The monoisotopic (exact) mass is 313 g/mol. The zero-order valence-corrected chi connectivity index (χ0v) is 14.5. The molecule has 0 spiro atoms. The summed E-state index contributed by atoms with van der Waals surface area (Å²) < 4.78 is 14.5. The second-order valence-electron chi connectivity index (χ2n) is 7.79. The molecule has 1 aliphatic carbocycles. The van der Waals surface area contributed by atoms with Crippen molar-refractivity contribution in [2.45, 2.75) is 57.8 Å². The maximum Gasteiger partial charge on any atom is 0.497 e. The molecule has 0 bridgehead atoms. The van der Waals surface area contributed by atoms with Gasteiger partial charge in [-0.15, -0.1) is 0 Å². The summed E-state index contributed by atoms with van der Waals surface area (Å²) in [5, 5.41) is 4.61. The Bertz CT molecular complexity index is 749. The third-order valence-corrected chi connectivity index (χ3v) is 5.34. The van der Waals surface area contributed by atoms with Crippen LogP contribution in [0.2, 0.25) is 0 Å². The third-order valence-electron chi connectivity index (χ3n) is 5.34. The number of hydrogen-bond acceptors (Lipinski definition) is 4. The lowest BCUT2D eigenvalue weighted by molar-refractivity contribution is 0.00578. The van der Waals surface area contributed by atoms with Crippen LogP contribution in [0, 0.1) is 0 Å². The summed E-state index contributed by atoms with van der Waals surface area (Å²) in [6.07, 6.45) is 6.49. The summed E-state index contributed by atoms with van der Waals surface area (Å²) in [7, 11) is 1.69. The lowest BCUT2D eigenvalue weighted by Crippen LogP contribution is -2.41. The number of pyridine rings is 1. The Labute approximate surface area is 137 Å². The zero-order chi connectivity index (χ0) is 16.4. The first-order valence-electron chi connectivity index (χ1n) is 8.34. The van der Waals surface area contributed by atoms with Gasteiger partial charge in [-0.1, -0.05) is 0 Å². The largest absolute Gasteiger partial charge is 0.497 e. The van der Waals surface area contributed by atoms with E-state index in [1.54, 1.807) is 0 Å². The Kier molecular flexibility index (Phi) is 3.10. The predicted octanol–water partition coefficient (Wildman–Crippen LogP) is 2.45. The van der Waals surface area contributed by atoms with E-state index in [-0.39, 0.29) is 18.3 Å². The van der Waals surface area contributed by atoms with Gasteiger partial charge in [0.1, 0.15) is 5.82 Å². The molecule has 0 atom stereocenters. The summed E-state index contributed by atoms with van der Waals surface area (Å²) in [4.78, 5) is 4.53. The molecule has 0 amide bonds. The number of nitrogens with zero attached hydrogens (tertiary/aromatic N) is 2. The first kappa shape index (κ1) is 15.0. The Morgan fingerprint density at radius 1 is 1.22 bits per heavy atom. The molecule has 1 saturated heterocycles. The number of anilines is 1. The number of fused-ring (bicyclic) bond motifs is 1. The fourth-order valence-electron chi connectivity index (χ4n) is 2.98. The van der Waals surface area contributed by atoms with Gasteiger partial charge in [0.25, 0.3) is 0 Å². The van der Waals surface area contributed by atoms with E-state index in [1.165, 1.54) is 12.8 Å². The van der Waals surface area contributed by atoms with Crippen LogP contribution in [0.1, 0.15) is 40.5 Å². The van der Waals surface area contributed by atoms with E-state index >= 15 is 0 Å². The quantitative estimate of drug-likeness (QED) is 0.884. The highest BCUT2D eigenvalue weighted by Crippen LogP contribution is 2.37. The molecule has 3 heterocycles. The Morgan fingerprint density at radius 3 is 2.48 bits per heavy atom. The smallest absolute Gasteiger partial charge is 0.399 e. The van der Waals surface area contributed by atoms with Crippen LogP contribution in [0.5, 0.6) is 0 Å². The first-order chi connectivity index (χ1) is 10.8. The van der Waals surface area contributed by atoms with Crippen molar-refractivity contribution in [2.24, 2.45) is 7.05 Å². The fourth-order valence-corrected chi connectivity index (χ4v) is 2.98. The fraction of sp³-hybridized carbons (Fsp3) is 0.588.